The minimum absolute atomic E-state index is 0.280. The number of carbonyl (C=O) groups excluding carboxylic acids is 1. The summed E-state index contributed by atoms with van der Waals surface area (Å²) in [7, 11) is 1.25. The molecule has 0 aliphatic carbocycles. The number of rotatable bonds is 5. The lowest BCUT2D eigenvalue weighted by Gasteiger charge is -2.39. The van der Waals surface area contributed by atoms with Crippen molar-refractivity contribution < 1.29 is 39.4 Å². The summed E-state index contributed by atoms with van der Waals surface area (Å²) in [6.45, 7) is -0.547. The molecule has 0 aromatic heterocycles. The molecule has 1 aromatic carbocycles. The van der Waals surface area contributed by atoms with Crippen LogP contribution in [0.4, 0.5) is 0 Å². The second-order valence-electron chi connectivity index (χ2n) is 5.21. The van der Waals surface area contributed by atoms with Gasteiger partial charge in [-0.25, -0.2) is 4.79 Å². The minimum atomic E-state index is -1.53. The molecule has 0 amide bonds. The zero-order valence-corrected chi connectivity index (χ0v) is 13.0. The molecule has 8 heteroatoms. The predicted octanol–water partition coefficient (Wildman–Crippen LogP) is -0.949. The molecule has 8 nitrogen and oxygen atoms in total. The molecular weight excluding hydrogens is 320 g/mol. The zero-order chi connectivity index (χ0) is 17.7. The number of carbonyl (C=O) groups is 1. The molecule has 1 fully saturated rings. The van der Waals surface area contributed by atoms with Crippen LogP contribution in [0.2, 0.25) is 0 Å². The number of esters is 1. The van der Waals surface area contributed by atoms with E-state index in [0.29, 0.717) is 5.56 Å². The Balaban J connectivity index is 2.18. The highest BCUT2D eigenvalue weighted by atomic mass is 16.7. The van der Waals surface area contributed by atoms with Crippen molar-refractivity contribution in [2.24, 2.45) is 0 Å². The summed E-state index contributed by atoms with van der Waals surface area (Å²) in [5.41, 5.74) is 0.514. The van der Waals surface area contributed by atoms with Crippen LogP contribution in [0.3, 0.4) is 0 Å². The van der Waals surface area contributed by atoms with Crippen LogP contribution >= 0.6 is 0 Å². The highest BCUT2D eigenvalue weighted by molar-refractivity contribution is 5.87. The minimum Gasteiger partial charge on any atom is -0.466 e. The van der Waals surface area contributed by atoms with Crippen LogP contribution in [0, 0.1) is 0 Å². The molecule has 0 spiro atoms. The molecule has 1 aromatic rings. The standard InChI is InChI=1S/C16H20O8/c1-22-12(18)7-6-9-4-2-3-5-10(9)23-16-15(21)14(20)13(19)11(8-17)24-16/h2-7,11,13-17,19-21H,8H2,1H3/b7-6-/t11-,13-,14+,15-,16-/m1/s1. The Morgan fingerprint density at radius 3 is 2.58 bits per heavy atom. The molecule has 1 heterocycles. The molecule has 0 bridgehead atoms. The largest absolute Gasteiger partial charge is 0.466 e. The molecule has 1 aliphatic rings. The first-order valence-corrected chi connectivity index (χ1v) is 7.30. The molecule has 132 valence electrons. The Bertz CT molecular complexity index is 585. The van der Waals surface area contributed by atoms with Gasteiger partial charge in [-0.05, 0) is 12.1 Å². The Morgan fingerprint density at radius 1 is 1.21 bits per heavy atom. The first kappa shape index (κ1) is 18.4. The van der Waals surface area contributed by atoms with Crippen LogP contribution in [-0.2, 0) is 14.3 Å². The Morgan fingerprint density at radius 2 is 1.92 bits per heavy atom. The summed E-state index contributed by atoms with van der Waals surface area (Å²) in [6.07, 6.45) is -4.20. The fourth-order valence-electron chi connectivity index (χ4n) is 2.24. The molecule has 0 radical (unpaired) electrons. The van der Waals surface area contributed by atoms with Crippen molar-refractivity contribution in [1.29, 1.82) is 0 Å². The Kier molecular flexibility index (Phi) is 6.29. The quantitative estimate of drug-likeness (QED) is 0.399. The van der Waals surface area contributed by atoms with E-state index in [1.807, 2.05) is 0 Å². The van der Waals surface area contributed by atoms with Gasteiger partial charge in [-0.15, -0.1) is 0 Å². The van der Waals surface area contributed by atoms with Gasteiger partial charge in [0.15, 0.2) is 0 Å². The van der Waals surface area contributed by atoms with Crippen molar-refractivity contribution in [3.05, 3.63) is 35.9 Å². The lowest BCUT2D eigenvalue weighted by Crippen LogP contribution is -2.60. The lowest BCUT2D eigenvalue weighted by atomic mass is 9.99. The van der Waals surface area contributed by atoms with Crippen LogP contribution in [0.5, 0.6) is 5.75 Å². The third-order valence-corrected chi connectivity index (χ3v) is 3.61. The van der Waals surface area contributed by atoms with Gasteiger partial charge < -0.3 is 34.6 Å². The molecule has 0 saturated carbocycles. The van der Waals surface area contributed by atoms with Crippen LogP contribution in [0.1, 0.15) is 5.56 Å². The molecule has 1 aliphatic heterocycles. The number of hydrogen-bond acceptors (Lipinski definition) is 8. The predicted molar refractivity (Wildman–Crippen MR) is 81.9 cm³/mol. The summed E-state index contributed by atoms with van der Waals surface area (Å²) in [5, 5.41) is 38.7. The monoisotopic (exact) mass is 340 g/mol. The highest BCUT2D eigenvalue weighted by Crippen LogP contribution is 2.27. The van der Waals surface area contributed by atoms with Crippen molar-refractivity contribution >= 4 is 12.0 Å². The summed E-state index contributed by atoms with van der Waals surface area (Å²) in [4.78, 5) is 11.2. The summed E-state index contributed by atoms with van der Waals surface area (Å²) in [5.74, 6) is -0.264. The fourth-order valence-corrected chi connectivity index (χ4v) is 2.24. The van der Waals surface area contributed by atoms with E-state index < -0.39 is 43.3 Å². The van der Waals surface area contributed by atoms with E-state index in [1.165, 1.54) is 19.3 Å². The lowest BCUT2D eigenvalue weighted by molar-refractivity contribution is -0.277. The van der Waals surface area contributed by atoms with Crippen LogP contribution in [-0.4, -0.2) is 70.8 Å². The maximum atomic E-state index is 11.2. The van der Waals surface area contributed by atoms with Crippen molar-refractivity contribution in [2.75, 3.05) is 13.7 Å². The molecular formula is C16H20O8. The number of aliphatic hydroxyl groups is 4. The third kappa shape index (κ3) is 4.11. The summed E-state index contributed by atoms with van der Waals surface area (Å²) >= 11 is 0. The van der Waals surface area contributed by atoms with Crippen molar-refractivity contribution in [2.45, 2.75) is 30.7 Å². The second kappa shape index (κ2) is 8.22. The molecule has 5 atom stereocenters. The number of aliphatic hydroxyl groups excluding tert-OH is 4. The van der Waals surface area contributed by atoms with E-state index in [-0.39, 0.29) is 5.75 Å². The van der Waals surface area contributed by atoms with Gasteiger partial charge in [-0.3, -0.25) is 0 Å². The van der Waals surface area contributed by atoms with E-state index >= 15 is 0 Å². The van der Waals surface area contributed by atoms with Crippen LogP contribution in [0.15, 0.2) is 30.3 Å². The van der Waals surface area contributed by atoms with Gasteiger partial charge in [0.1, 0.15) is 30.2 Å². The highest BCUT2D eigenvalue weighted by Gasteiger charge is 2.44. The van der Waals surface area contributed by atoms with Gasteiger partial charge in [0.25, 0.3) is 0 Å². The van der Waals surface area contributed by atoms with Gasteiger partial charge in [0, 0.05) is 11.6 Å². The number of ether oxygens (including phenoxy) is 3. The molecule has 4 N–H and O–H groups in total. The molecule has 0 unspecified atom stereocenters. The van der Waals surface area contributed by atoms with E-state index in [0.717, 1.165) is 0 Å². The smallest absolute Gasteiger partial charge is 0.330 e. The maximum Gasteiger partial charge on any atom is 0.330 e. The van der Waals surface area contributed by atoms with Gasteiger partial charge in [0.05, 0.1) is 13.7 Å². The number of methoxy groups -OCH3 is 1. The average molecular weight is 340 g/mol. The van der Waals surface area contributed by atoms with E-state index in [2.05, 4.69) is 4.74 Å². The van der Waals surface area contributed by atoms with Gasteiger partial charge >= 0.3 is 5.97 Å². The normalized spacial score (nSPS) is 30.3. The molecule has 1 saturated heterocycles. The summed E-state index contributed by atoms with van der Waals surface area (Å²) in [6, 6.07) is 6.64. The van der Waals surface area contributed by atoms with E-state index in [9.17, 15) is 25.2 Å². The second-order valence-corrected chi connectivity index (χ2v) is 5.21. The van der Waals surface area contributed by atoms with Gasteiger partial charge in [-0.2, -0.15) is 0 Å². The third-order valence-electron chi connectivity index (χ3n) is 3.61. The van der Waals surface area contributed by atoms with E-state index in [4.69, 9.17) is 9.47 Å². The molecule has 24 heavy (non-hydrogen) atoms. The SMILES string of the molecule is COC(=O)/C=C\c1ccccc1O[C@@H]1O[C@H](CO)[C@@H](O)[C@H](O)[C@H]1O. The topological polar surface area (TPSA) is 126 Å². The van der Waals surface area contributed by atoms with Gasteiger partial charge in [0.2, 0.25) is 6.29 Å². The Hall–Kier alpha value is -1.97. The van der Waals surface area contributed by atoms with Crippen LogP contribution in [0.25, 0.3) is 6.08 Å². The average Bonchev–Trinajstić information content (AvgIpc) is 2.61. The number of hydrogen-bond donors (Lipinski definition) is 4. The zero-order valence-electron chi connectivity index (χ0n) is 13.0. The van der Waals surface area contributed by atoms with Crippen LogP contribution < -0.4 is 4.74 Å². The maximum absolute atomic E-state index is 11.2. The fraction of sp³-hybridized carbons (Fsp3) is 0.438. The van der Waals surface area contributed by atoms with Gasteiger partial charge in [-0.1, -0.05) is 18.2 Å². The number of para-hydroxylation sites is 1. The summed E-state index contributed by atoms with van der Waals surface area (Å²) < 4.78 is 15.4. The first-order valence-electron chi connectivity index (χ1n) is 7.30. The van der Waals surface area contributed by atoms with Crippen molar-refractivity contribution in [1.82, 2.24) is 0 Å². The Labute approximate surface area is 138 Å². The molecule has 2 rings (SSSR count). The van der Waals surface area contributed by atoms with E-state index in [1.54, 1.807) is 24.3 Å². The van der Waals surface area contributed by atoms with Crippen molar-refractivity contribution in [3.63, 3.8) is 0 Å². The number of benzene rings is 1. The first-order chi connectivity index (χ1) is 11.5. The van der Waals surface area contributed by atoms with Crippen molar-refractivity contribution in [3.8, 4) is 5.75 Å².